The van der Waals surface area contributed by atoms with Crippen molar-refractivity contribution in [3.63, 3.8) is 0 Å². The smallest absolute Gasteiger partial charge is 0.464 e. The molecule has 6 nitrogen and oxygen atoms in total. The van der Waals surface area contributed by atoms with Crippen LogP contribution in [-0.4, -0.2) is 36.7 Å². The molecule has 1 N–H and O–H groups in total. The molecule has 1 rings (SSSR count). The number of esters is 1. The minimum atomic E-state index is -4.92. The number of oxazole rings is 1. The van der Waals surface area contributed by atoms with E-state index in [1.54, 1.807) is 5.32 Å². The highest BCUT2D eigenvalue weighted by Gasteiger charge is 2.37. The summed E-state index contributed by atoms with van der Waals surface area (Å²) in [5, 5.41) is 1.62. The Hall–Kier alpha value is -2.32. The first-order chi connectivity index (χ1) is 8.84. The third kappa shape index (κ3) is 4.45. The van der Waals surface area contributed by atoms with Gasteiger partial charge in [-0.05, 0) is 6.08 Å². The standard InChI is InChI=1S/C10H9F3N2O4/c1-18-8(16)6-5-19-7(15-6)3-2-4-14-9(17)10(11,12)13/h2-3,5H,4H2,1H3,(H,14,17)/b3-2+. The minimum absolute atomic E-state index is 0.00153. The lowest BCUT2D eigenvalue weighted by molar-refractivity contribution is -0.173. The summed E-state index contributed by atoms with van der Waals surface area (Å²) in [6.45, 7) is -0.353. The Morgan fingerprint density at radius 1 is 1.53 bits per heavy atom. The van der Waals surface area contributed by atoms with E-state index in [1.165, 1.54) is 19.3 Å². The number of carbonyl (C=O) groups excluding carboxylic acids is 2. The SMILES string of the molecule is COC(=O)c1coc(/C=C/CNC(=O)C(F)(F)F)n1. The molecule has 0 aliphatic rings. The van der Waals surface area contributed by atoms with E-state index < -0.39 is 18.1 Å². The fourth-order valence-corrected chi connectivity index (χ4v) is 0.974. The van der Waals surface area contributed by atoms with Crippen LogP contribution in [0.2, 0.25) is 0 Å². The Labute approximate surface area is 105 Å². The average Bonchev–Trinajstić information content (AvgIpc) is 2.80. The average molecular weight is 278 g/mol. The summed E-state index contributed by atoms with van der Waals surface area (Å²) in [5.74, 6) is -2.74. The molecular formula is C10H9F3N2O4. The third-order valence-electron chi connectivity index (χ3n) is 1.81. The first-order valence-electron chi connectivity index (χ1n) is 4.90. The molecule has 0 saturated carbocycles. The molecule has 104 valence electrons. The number of rotatable bonds is 4. The number of carbonyl (C=O) groups is 2. The number of alkyl halides is 3. The maximum atomic E-state index is 11.8. The molecule has 1 aromatic rings. The van der Waals surface area contributed by atoms with Crippen LogP contribution < -0.4 is 5.32 Å². The number of nitrogens with zero attached hydrogens (tertiary/aromatic N) is 1. The largest absolute Gasteiger partial charge is 0.471 e. The molecule has 0 atom stereocenters. The first-order valence-corrected chi connectivity index (χ1v) is 4.90. The fraction of sp³-hybridized carbons (Fsp3) is 0.300. The van der Waals surface area contributed by atoms with Gasteiger partial charge in [-0.3, -0.25) is 4.79 Å². The molecule has 19 heavy (non-hydrogen) atoms. The molecule has 0 radical (unpaired) electrons. The van der Waals surface area contributed by atoms with Gasteiger partial charge in [0.1, 0.15) is 6.26 Å². The molecule has 0 bridgehead atoms. The summed E-state index contributed by atoms with van der Waals surface area (Å²) in [6.07, 6.45) is -1.48. The van der Waals surface area contributed by atoms with Crippen LogP contribution in [0.1, 0.15) is 16.4 Å². The molecule has 0 unspecified atom stereocenters. The van der Waals surface area contributed by atoms with Crippen molar-refractivity contribution in [3.8, 4) is 0 Å². The minimum Gasteiger partial charge on any atom is -0.464 e. The number of hydrogen-bond acceptors (Lipinski definition) is 5. The normalized spacial score (nSPS) is 11.6. The van der Waals surface area contributed by atoms with Gasteiger partial charge in [0.2, 0.25) is 5.89 Å². The van der Waals surface area contributed by atoms with Gasteiger partial charge < -0.3 is 14.5 Å². The van der Waals surface area contributed by atoms with Crippen LogP contribution >= 0.6 is 0 Å². The zero-order valence-corrected chi connectivity index (χ0v) is 9.65. The van der Waals surface area contributed by atoms with E-state index in [4.69, 9.17) is 4.42 Å². The molecule has 1 amide bonds. The van der Waals surface area contributed by atoms with Crippen LogP contribution in [0.3, 0.4) is 0 Å². The maximum Gasteiger partial charge on any atom is 0.471 e. The van der Waals surface area contributed by atoms with E-state index >= 15 is 0 Å². The lowest BCUT2D eigenvalue weighted by atomic mass is 10.4. The first kappa shape index (κ1) is 14.7. The molecule has 1 aromatic heterocycles. The number of hydrogen-bond donors (Lipinski definition) is 1. The highest BCUT2D eigenvalue weighted by atomic mass is 19.4. The van der Waals surface area contributed by atoms with Gasteiger partial charge in [0.05, 0.1) is 7.11 Å². The van der Waals surface area contributed by atoms with Crippen molar-refractivity contribution in [2.75, 3.05) is 13.7 Å². The second-order valence-corrected chi connectivity index (χ2v) is 3.17. The Morgan fingerprint density at radius 2 is 2.21 bits per heavy atom. The summed E-state index contributed by atoms with van der Waals surface area (Å²) < 4.78 is 44.6. The second-order valence-electron chi connectivity index (χ2n) is 3.17. The summed E-state index contributed by atoms with van der Waals surface area (Å²) in [6, 6.07) is 0. The topological polar surface area (TPSA) is 81.4 Å². The highest BCUT2D eigenvalue weighted by Crippen LogP contribution is 2.13. The van der Waals surface area contributed by atoms with E-state index in [1.807, 2.05) is 0 Å². The Balaban J connectivity index is 2.48. The lowest BCUT2D eigenvalue weighted by Crippen LogP contribution is -2.36. The van der Waals surface area contributed by atoms with Gasteiger partial charge in [-0.15, -0.1) is 0 Å². The van der Waals surface area contributed by atoms with Gasteiger partial charge in [0.25, 0.3) is 0 Å². The summed E-state index contributed by atoms with van der Waals surface area (Å²) >= 11 is 0. The molecule has 0 aromatic carbocycles. The molecule has 0 saturated heterocycles. The fourth-order valence-electron chi connectivity index (χ4n) is 0.974. The second kappa shape index (κ2) is 6.03. The van der Waals surface area contributed by atoms with Gasteiger partial charge in [0.15, 0.2) is 5.69 Å². The van der Waals surface area contributed by atoms with E-state index in [2.05, 4.69) is 9.72 Å². The molecule has 0 aliphatic heterocycles. The number of amides is 1. The van der Waals surface area contributed by atoms with Crippen molar-refractivity contribution < 1.29 is 31.9 Å². The van der Waals surface area contributed by atoms with Crippen molar-refractivity contribution in [1.82, 2.24) is 10.3 Å². The van der Waals surface area contributed by atoms with Crippen LogP contribution in [0.25, 0.3) is 6.08 Å². The van der Waals surface area contributed by atoms with Crippen LogP contribution in [0.4, 0.5) is 13.2 Å². The third-order valence-corrected chi connectivity index (χ3v) is 1.81. The van der Waals surface area contributed by atoms with Gasteiger partial charge in [-0.2, -0.15) is 13.2 Å². The van der Waals surface area contributed by atoms with Gasteiger partial charge in [-0.1, -0.05) is 6.08 Å². The van der Waals surface area contributed by atoms with E-state index in [0.717, 1.165) is 6.26 Å². The zero-order chi connectivity index (χ0) is 14.5. The van der Waals surface area contributed by atoms with Crippen LogP contribution in [-0.2, 0) is 9.53 Å². The molecule has 0 aliphatic carbocycles. The van der Waals surface area contributed by atoms with Crippen LogP contribution in [0.15, 0.2) is 16.8 Å². The molecule has 0 spiro atoms. The Morgan fingerprint density at radius 3 is 2.79 bits per heavy atom. The summed E-state index contributed by atoms with van der Waals surface area (Å²) in [4.78, 5) is 25.1. The van der Waals surface area contributed by atoms with E-state index in [0.29, 0.717) is 0 Å². The molecule has 9 heteroatoms. The zero-order valence-electron chi connectivity index (χ0n) is 9.65. The van der Waals surface area contributed by atoms with Crippen molar-refractivity contribution in [2.45, 2.75) is 6.18 Å². The van der Waals surface area contributed by atoms with Gasteiger partial charge in [0, 0.05) is 6.54 Å². The number of methoxy groups -OCH3 is 1. The monoisotopic (exact) mass is 278 g/mol. The number of halogens is 3. The molecule has 0 fully saturated rings. The predicted molar refractivity (Wildman–Crippen MR) is 55.9 cm³/mol. The van der Waals surface area contributed by atoms with Crippen LogP contribution in [0, 0.1) is 0 Å². The number of ether oxygens (including phenoxy) is 1. The Bertz CT molecular complexity index is 493. The van der Waals surface area contributed by atoms with Crippen molar-refractivity contribution in [2.24, 2.45) is 0 Å². The number of nitrogens with one attached hydrogen (secondary N) is 1. The summed E-state index contributed by atoms with van der Waals surface area (Å²) in [7, 11) is 1.17. The molecule has 1 heterocycles. The van der Waals surface area contributed by atoms with E-state index in [9.17, 15) is 22.8 Å². The predicted octanol–water partition coefficient (Wildman–Crippen LogP) is 1.15. The number of aromatic nitrogens is 1. The van der Waals surface area contributed by atoms with Crippen molar-refractivity contribution in [1.29, 1.82) is 0 Å². The van der Waals surface area contributed by atoms with Crippen LogP contribution in [0.5, 0.6) is 0 Å². The van der Waals surface area contributed by atoms with Crippen molar-refractivity contribution in [3.05, 3.63) is 23.9 Å². The van der Waals surface area contributed by atoms with E-state index in [-0.39, 0.29) is 18.1 Å². The Kier molecular flexibility index (Phi) is 4.67. The summed E-state index contributed by atoms with van der Waals surface area (Å²) in [5.41, 5.74) is -0.0681. The highest BCUT2D eigenvalue weighted by molar-refractivity contribution is 5.86. The van der Waals surface area contributed by atoms with Gasteiger partial charge in [-0.25, -0.2) is 9.78 Å². The molecular weight excluding hydrogens is 269 g/mol. The maximum absolute atomic E-state index is 11.8. The van der Waals surface area contributed by atoms with Crippen molar-refractivity contribution >= 4 is 18.0 Å². The van der Waals surface area contributed by atoms with Gasteiger partial charge >= 0.3 is 18.1 Å². The quantitative estimate of drug-likeness (QED) is 0.835. The lowest BCUT2D eigenvalue weighted by Gasteiger charge is -2.04.